The summed E-state index contributed by atoms with van der Waals surface area (Å²) >= 11 is 0. The molecule has 0 radical (unpaired) electrons. The highest BCUT2D eigenvalue weighted by atomic mass is 16.5. The van der Waals surface area contributed by atoms with Crippen LogP contribution in [-0.4, -0.2) is 46.9 Å². The van der Waals surface area contributed by atoms with Crippen molar-refractivity contribution in [3.63, 3.8) is 0 Å². The number of carbonyl (C=O) groups is 2. The third-order valence-electron chi connectivity index (χ3n) is 5.95. The predicted molar refractivity (Wildman–Crippen MR) is 123 cm³/mol. The first-order chi connectivity index (χ1) is 15.5. The molecule has 1 atom stereocenters. The summed E-state index contributed by atoms with van der Waals surface area (Å²) in [5.41, 5.74) is 9.28. The normalized spacial score (nSPS) is 16.1. The molecule has 0 aliphatic carbocycles. The second kappa shape index (κ2) is 9.26. The van der Waals surface area contributed by atoms with Gasteiger partial charge in [-0.25, -0.2) is 4.98 Å². The smallest absolute Gasteiger partial charge is 0.267 e. The zero-order chi connectivity index (χ0) is 22.7. The Hall–Kier alpha value is -3.61. The van der Waals surface area contributed by atoms with Crippen LogP contribution in [0.1, 0.15) is 46.2 Å². The van der Waals surface area contributed by atoms with Crippen LogP contribution >= 0.6 is 0 Å². The molecule has 0 unspecified atom stereocenters. The number of nitrogens with zero attached hydrogens (tertiary/aromatic N) is 2. The molecule has 4 rings (SSSR count). The molecule has 2 amide bonds. The molecule has 1 saturated heterocycles. The molecule has 1 fully saturated rings. The van der Waals surface area contributed by atoms with E-state index in [0.717, 1.165) is 35.3 Å². The van der Waals surface area contributed by atoms with Crippen molar-refractivity contribution in [1.29, 1.82) is 0 Å². The number of benzene rings is 2. The Labute approximate surface area is 187 Å². The molecule has 3 aromatic rings. The van der Waals surface area contributed by atoms with E-state index in [1.54, 1.807) is 7.11 Å². The molecule has 0 saturated carbocycles. The number of piperidine rings is 1. The fraction of sp³-hybridized carbons (Fsp3) is 0.320. The molecule has 2 heterocycles. The first-order valence-corrected chi connectivity index (χ1v) is 10.8. The Morgan fingerprint density at radius 1 is 1.22 bits per heavy atom. The standard InChI is InChI=1S/C25H28N4O3/c1-16-10-11-20(32-2)19(13-16)14-21(30)29-12-6-9-18(15-29)25-27-22(23(28-25)24(26)31)17-7-4-3-5-8-17/h3-5,7-8,10-11,13,18H,6,9,12,14-15H2,1-2H3,(H2,26,31)(H,27,28)/t18-/m1/s1. The van der Waals surface area contributed by atoms with Gasteiger partial charge in [-0.1, -0.05) is 48.0 Å². The van der Waals surface area contributed by atoms with E-state index in [4.69, 9.17) is 15.5 Å². The van der Waals surface area contributed by atoms with Gasteiger partial charge >= 0.3 is 0 Å². The number of hydrogen-bond acceptors (Lipinski definition) is 4. The fourth-order valence-corrected chi connectivity index (χ4v) is 4.32. The van der Waals surface area contributed by atoms with E-state index in [1.165, 1.54) is 0 Å². The number of methoxy groups -OCH3 is 1. The monoisotopic (exact) mass is 432 g/mol. The molecule has 1 aromatic heterocycles. The largest absolute Gasteiger partial charge is 0.496 e. The van der Waals surface area contributed by atoms with Gasteiger partial charge in [0.1, 0.15) is 23.0 Å². The van der Waals surface area contributed by atoms with Crippen molar-refractivity contribution in [3.8, 4) is 17.0 Å². The first kappa shape index (κ1) is 21.6. The SMILES string of the molecule is COc1ccc(C)cc1CC(=O)N1CCC[C@@H](c2nc(-c3ccccc3)c(C(N)=O)[nH]2)C1. The van der Waals surface area contributed by atoms with Crippen molar-refractivity contribution in [2.24, 2.45) is 5.73 Å². The van der Waals surface area contributed by atoms with Crippen molar-refractivity contribution in [1.82, 2.24) is 14.9 Å². The van der Waals surface area contributed by atoms with E-state index in [2.05, 4.69) is 4.98 Å². The molecule has 166 valence electrons. The predicted octanol–water partition coefficient (Wildman–Crippen LogP) is 3.44. The van der Waals surface area contributed by atoms with E-state index < -0.39 is 5.91 Å². The molecule has 1 aliphatic heterocycles. The molecule has 32 heavy (non-hydrogen) atoms. The number of nitrogens with one attached hydrogen (secondary N) is 1. The average Bonchev–Trinajstić information content (AvgIpc) is 3.26. The molecule has 3 N–H and O–H groups in total. The van der Waals surface area contributed by atoms with E-state index in [-0.39, 0.29) is 18.2 Å². The van der Waals surface area contributed by atoms with Crippen molar-refractivity contribution >= 4 is 11.8 Å². The number of imidazole rings is 1. The van der Waals surface area contributed by atoms with Gasteiger partial charge in [-0.3, -0.25) is 9.59 Å². The Balaban J connectivity index is 1.54. The van der Waals surface area contributed by atoms with E-state index in [0.29, 0.717) is 30.3 Å². The Morgan fingerprint density at radius 3 is 2.72 bits per heavy atom. The lowest BCUT2D eigenvalue weighted by atomic mass is 9.96. The summed E-state index contributed by atoms with van der Waals surface area (Å²) in [6.45, 7) is 3.26. The van der Waals surface area contributed by atoms with Crippen molar-refractivity contribution in [2.75, 3.05) is 20.2 Å². The van der Waals surface area contributed by atoms with Crippen LogP contribution in [0, 0.1) is 6.92 Å². The van der Waals surface area contributed by atoms with Gasteiger partial charge in [0.15, 0.2) is 0 Å². The van der Waals surface area contributed by atoms with Gasteiger partial charge in [-0.15, -0.1) is 0 Å². The molecular weight excluding hydrogens is 404 g/mol. The van der Waals surface area contributed by atoms with Crippen molar-refractivity contribution < 1.29 is 14.3 Å². The number of aromatic nitrogens is 2. The number of aryl methyl sites for hydroxylation is 1. The number of carbonyl (C=O) groups excluding carboxylic acids is 2. The van der Waals surface area contributed by atoms with Gasteiger partial charge < -0.3 is 20.4 Å². The summed E-state index contributed by atoms with van der Waals surface area (Å²) in [6, 6.07) is 15.4. The minimum absolute atomic E-state index is 0.0164. The van der Waals surface area contributed by atoms with Crippen LogP contribution in [0.3, 0.4) is 0 Å². The minimum Gasteiger partial charge on any atom is -0.496 e. The second-order valence-corrected chi connectivity index (χ2v) is 8.25. The third-order valence-corrected chi connectivity index (χ3v) is 5.95. The van der Waals surface area contributed by atoms with Gasteiger partial charge in [-0.2, -0.15) is 0 Å². The highest BCUT2D eigenvalue weighted by Crippen LogP contribution is 2.30. The Morgan fingerprint density at radius 2 is 2.00 bits per heavy atom. The van der Waals surface area contributed by atoms with E-state index >= 15 is 0 Å². The van der Waals surface area contributed by atoms with Crippen LogP contribution in [-0.2, 0) is 11.2 Å². The highest BCUT2D eigenvalue weighted by molar-refractivity contribution is 5.97. The molecule has 1 aliphatic rings. The van der Waals surface area contributed by atoms with Crippen LogP contribution < -0.4 is 10.5 Å². The Bertz CT molecular complexity index is 1120. The second-order valence-electron chi connectivity index (χ2n) is 8.25. The van der Waals surface area contributed by atoms with Crippen molar-refractivity contribution in [2.45, 2.75) is 32.1 Å². The van der Waals surface area contributed by atoms with Gasteiger partial charge in [0.2, 0.25) is 5.91 Å². The number of hydrogen-bond donors (Lipinski definition) is 2. The number of primary amides is 1. The Kier molecular flexibility index (Phi) is 6.25. The molecular formula is C25H28N4O3. The summed E-state index contributed by atoms with van der Waals surface area (Å²) in [7, 11) is 1.62. The lowest BCUT2D eigenvalue weighted by Gasteiger charge is -2.32. The number of aromatic amines is 1. The summed E-state index contributed by atoms with van der Waals surface area (Å²) in [5.74, 6) is 0.953. The number of H-pyrrole nitrogens is 1. The summed E-state index contributed by atoms with van der Waals surface area (Å²) in [5, 5.41) is 0. The number of amides is 2. The van der Waals surface area contributed by atoms with Gasteiger partial charge in [0, 0.05) is 30.1 Å². The topological polar surface area (TPSA) is 101 Å². The quantitative estimate of drug-likeness (QED) is 0.623. The van der Waals surface area contributed by atoms with E-state index in [9.17, 15) is 9.59 Å². The zero-order valence-electron chi connectivity index (χ0n) is 18.4. The maximum atomic E-state index is 13.1. The molecule has 7 nitrogen and oxygen atoms in total. The van der Waals surface area contributed by atoms with Crippen LogP contribution in [0.4, 0.5) is 0 Å². The third kappa shape index (κ3) is 4.51. The summed E-state index contributed by atoms with van der Waals surface area (Å²) < 4.78 is 5.43. The van der Waals surface area contributed by atoms with Crippen LogP contribution in [0.25, 0.3) is 11.3 Å². The molecule has 0 spiro atoms. The lowest BCUT2D eigenvalue weighted by Crippen LogP contribution is -2.40. The fourth-order valence-electron chi connectivity index (χ4n) is 4.32. The number of rotatable bonds is 6. The molecule has 0 bridgehead atoms. The van der Waals surface area contributed by atoms with Gasteiger partial charge in [0.25, 0.3) is 5.91 Å². The maximum Gasteiger partial charge on any atom is 0.267 e. The van der Waals surface area contributed by atoms with Gasteiger partial charge in [0.05, 0.1) is 13.5 Å². The summed E-state index contributed by atoms with van der Waals surface area (Å²) in [6.07, 6.45) is 2.05. The van der Waals surface area contributed by atoms with Crippen molar-refractivity contribution in [3.05, 3.63) is 71.2 Å². The molecule has 7 heteroatoms. The number of ether oxygens (including phenoxy) is 1. The average molecular weight is 433 g/mol. The molecule has 2 aromatic carbocycles. The number of likely N-dealkylation sites (tertiary alicyclic amines) is 1. The van der Waals surface area contributed by atoms with Crippen LogP contribution in [0.5, 0.6) is 5.75 Å². The highest BCUT2D eigenvalue weighted by Gasteiger charge is 2.29. The maximum absolute atomic E-state index is 13.1. The van der Waals surface area contributed by atoms with Crippen LogP contribution in [0.15, 0.2) is 48.5 Å². The lowest BCUT2D eigenvalue weighted by molar-refractivity contribution is -0.131. The van der Waals surface area contributed by atoms with Gasteiger partial charge in [-0.05, 0) is 25.8 Å². The summed E-state index contributed by atoms with van der Waals surface area (Å²) in [4.78, 5) is 34.9. The van der Waals surface area contributed by atoms with Crippen LogP contribution in [0.2, 0.25) is 0 Å². The first-order valence-electron chi connectivity index (χ1n) is 10.8. The zero-order valence-corrected chi connectivity index (χ0v) is 18.4. The minimum atomic E-state index is -0.544. The van der Waals surface area contributed by atoms with E-state index in [1.807, 2.05) is 60.4 Å². The number of nitrogens with two attached hydrogens (primary N) is 1.